The molecule has 112 valence electrons. The Morgan fingerprint density at radius 2 is 2.29 bits per heavy atom. The van der Waals surface area contributed by atoms with E-state index in [1.54, 1.807) is 19.3 Å². The summed E-state index contributed by atoms with van der Waals surface area (Å²) in [5.74, 6) is 0.189. The first-order chi connectivity index (χ1) is 10.0. The van der Waals surface area contributed by atoms with E-state index in [9.17, 15) is 9.59 Å². The van der Waals surface area contributed by atoms with Crippen LogP contribution >= 0.6 is 27.7 Å². The molecular formula is C14H14BrNO4S. The Bertz CT molecular complexity index is 590. The average molecular weight is 372 g/mol. The number of carboxylic acids is 1. The summed E-state index contributed by atoms with van der Waals surface area (Å²) in [6.45, 7) is 0. The Kier molecular flexibility index (Phi) is 5.30. The molecule has 1 aliphatic heterocycles. The second-order valence-corrected chi connectivity index (χ2v) is 6.30. The van der Waals surface area contributed by atoms with Gasteiger partial charge in [-0.3, -0.25) is 4.79 Å². The van der Waals surface area contributed by atoms with E-state index in [-0.39, 0.29) is 5.91 Å². The summed E-state index contributed by atoms with van der Waals surface area (Å²) in [5.41, 5.74) is 0.749. The first kappa shape index (κ1) is 15.9. The van der Waals surface area contributed by atoms with E-state index in [0.717, 1.165) is 10.0 Å². The predicted molar refractivity (Wildman–Crippen MR) is 85.3 cm³/mol. The van der Waals surface area contributed by atoms with Crippen molar-refractivity contribution in [2.75, 3.05) is 18.7 Å². The van der Waals surface area contributed by atoms with Crippen molar-refractivity contribution < 1.29 is 19.4 Å². The lowest BCUT2D eigenvalue weighted by molar-refractivity contribution is -0.146. The van der Waals surface area contributed by atoms with Crippen LogP contribution in [-0.2, 0) is 9.59 Å². The third-order valence-corrected chi connectivity index (χ3v) is 4.55. The van der Waals surface area contributed by atoms with Crippen LogP contribution in [0.1, 0.15) is 5.56 Å². The van der Waals surface area contributed by atoms with Crippen LogP contribution in [0.3, 0.4) is 0 Å². The second kappa shape index (κ2) is 7.00. The molecule has 1 saturated heterocycles. The van der Waals surface area contributed by atoms with Crippen LogP contribution in [0.15, 0.2) is 28.7 Å². The highest BCUT2D eigenvalue weighted by atomic mass is 79.9. The van der Waals surface area contributed by atoms with E-state index in [1.165, 1.54) is 22.7 Å². The molecule has 1 N–H and O–H groups in total. The number of benzene rings is 1. The van der Waals surface area contributed by atoms with Crippen molar-refractivity contribution in [2.45, 2.75) is 6.04 Å². The van der Waals surface area contributed by atoms with E-state index in [4.69, 9.17) is 9.84 Å². The van der Waals surface area contributed by atoms with Gasteiger partial charge in [0.25, 0.3) is 0 Å². The molecule has 0 radical (unpaired) electrons. The number of amides is 1. The summed E-state index contributed by atoms with van der Waals surface area (Å²) in [5, 5.41) is 9.08. The Balaban J connectivity index is 2.15. The maximum atomic E-state index is 12.1. The van der Waals surface area contributed by atoms with Crippen molar-refractivity contribution in [1.82, 2.24) is 4.90 Å². The fourth-order valence-electron chi connectivity index (χ4n) is 1.96. The molecule has 0 saturated carbocycles. The van der Waals surface area contributed by atoms with Crippen LogP contribution in [0.5, 0.6) is 5.75 Å². The molecule has 7 heteroatoms. The number of hydrogen-bond donors (Lipinski definition) is 1. The SMILES string of the molecule is COc1ccc(Br)cc1/C=C/C(=O)N1CSCC1C(=O)O. The lowest BCUT2D eigenvalue weighted by Gasteiger charge is -2.18. The van der Waals surface area contributed by atoms with Gasteiger partial charge in [0.05, 0.1) is 13.0 Å². The van der Waals surface area contributed by atoms with Crippen molar-refractivity contribution in [2.24, 2.45) is 0 Å². The third-order valence-electron chi connectivity index (χ3n) is 3.05. The average Bonchev–Trinajstić information content (AvgIpc) is 2.94. The Hall–Kier alpha value is -1.47. The van der Waals surface area contributed by atoms with Crippen molar-refractivity contribution in [3.05, 3.63) is 34.3 Å². The minimum absolute atomic E-state index is 0.311. The van der Waals surface area contributed by atoms with Crippen LogP contribution in [-0.4, -0.2) is 46.7 Å². The topological polar surface area (TPSA) is 66.8 Å². The van der Waals surface area contributed by atoms with Gasteiger partial charge in [-0.25, -0.2) is 4.79 Å². The number of carbonyl (C=O) groups is 2. The van der Waals surface area contributed by atoms with Gasteiger partial charge in [0.1, 0.15) is 11.8 Å². The number of methoxy groups -OCH3 is 1. The number of carbonyl (C=O) groups excluding carboxylic acids is 1. The zero-order valence-corrected chi connectivity index (χ0v) is 13.7. The van der Waals surface area contributed by atoms with Gasteiger partial charge in [0, 0.05) is 21.9 Å². The van der Waals surface area contributed by atoms with Crippen molar-refractivity contribution in [3.8, 4) is 5.75 Å². The standard InChI is InChI=1S/C14H14BrNO4S/c1-20-12-4-3-10(15)6-9(12)2-5-13(17)16-8-21-7-11(16)14(18)19/h2-6,11H,7-8H2,1H3,(H,18,19)/b5-2+. The largest absolute Gasteiger partial charge is 0.496 e. The Morgan fingerprint density at radius 1 is 1.52 bits per heavy atom. The molecule has 1 atom stereocenters. The fourth-order valence-corrected chi connectivity index (χ4v) is 3.49. The summed E-state index contributed by atoms with van der Waals surface area (Å²) in [7, 11) is 1.56. The molecule has 1 unspecified atom stereocenters. The number of thioether (sulfide) groups is 1. The van der Waals surface area contributed by atoms with Gasteiger partial charge in [-0.2, -0.15) is 0 Å². The maximum absolute atomic E-state index is 12.1. The van der Waals surface area contributed by atoms with Gasteiger partial charge in [-0.05, 0) is 24.3 Å². The molecule has 0 bridgehead atoms. The van der Waals surface area contributed by atoms with E-state index in [2.05, 4.69) is 15.9 Å². The summed E-state index contributed by atoms with van der Waals surface area (Å²) < 4.78 is 6.09. The highest BCUT2D eigenvalue weighted by Crippen LogP contribution is 2.25. The normalized spacial score (nSPS) is 18.2. The molecule has 2 rings (SSSR count). The van der Waals surface area contributed by atoms with Crippen LogP contribution < -0.4 is 4.74 Å². The van der Waals surface area contributed by atoms with Gasteiger partial charge in [-0.15, -0.1) is 11.8 Å². The van der Waals surface area contributed by atoms with Gasteiger partial charge in [-0.1, -0.05) is 15.9 Å². The van der Waals surface area contributed by atoms with E-state index in [1.807, 2.05) is 12.1 Å². The van der Waals surface area contributed by atoms with Gasteiger partial charge < -0.3 is 14.7 Å². The number of ether oxygens (including phenoxy) is 1. The van der Waals surface area contributed by atoms with Gasteiger partial charge >= 0.3 is 5.97 Å². The van der Waals surface area contributed by atoms with Gasteiger partial charge in [0.15, 0.2) is 0 Å². The quantitative estimate of drug-likeness (QED) is 0.823. The number of aliphatic carboxylic acids is 1. The molecule has 1 heterocycles. The first-order valence-corrected chi connectivity index (χ1v) is 8.10. The molecule has 0 aromatic heterocycles. The number of hydrogen-bond acceptors (Lipinski definition) is 4. The van der Waals surface area contributed by atoms with Gasteiger partial charge in [0.2, 0.25) is 5.91 Å². The van der Waals surface area contributed by atoms with Crippen LogP contribution in [0.4, 0.5) is 0 Å². The molecule has 1 amide bonds. The Labute approximate surface area is 135 Å². The monoisotopic (exact) mass is 371 g/mol. The lowest BCUT2D eigenvalue weighted by Crippen LogP contribution is -2.40. The third kappa shape index (κ3) is 3.79. The van der Waals surface area contributed by atoms with Crippen molar-refractivity contribution in [1.29, 1.82) is 0 Å². The zero-order chi connectivity index (χ0) is 15.4. The molecule has 0 aliphatic carbocycles. The number of rotatable bonds is 4. The lowest BCUT2D eigenvalue weighted by atomic mass is 10.2. The minimum atomic E-state index is -0.971. The first-order valence-electron chi connectivity index (χ1n) is 6.15. The van der Waals surface area contributed by atoms with E-state index < -0.39 is 12.0 Å². The highest BCUT2D eigenvalue weighted by molar-refractivity contribution is 9.10. The number of halogens is 1. The van der Waals surface area contributed by atoms with Crippen molar-refractivity contribution in [3.63, 3.8) is 0 Å². The minimum Gasteiger partial charge on any atom is -0.496 e. The van der Waals surface area contributed by atoms with Crippen LogP contribution in [0.25, 0.3) is 6.08 Å². The number of nitrogens with zero attached hydrogens (tertiary/aromatic N) is 1. The zero-order valence-electron chi connectivity index (χ0n) is 11.3. The summed E-state index contributed by atoms with van der Waals surface area (Å²) in [4.78, 5) is 24.6. The summed E-state index contributed by atoms with van der Waals surface area (Å²) in [6.07, 6.45) is 3.01. The van der Waals surface area contributed by atoms with Crippen LogP contribution in [0.2, 0.25) is 0 Å². The molecule has 1 aromatic rings. The molecule has 1 fully saturated rings. The summed E-state index contributed by atoms with van der Waals surface area (Å²) in [6, 6.07) is 4.71. The molecule has 5 nitrogen and oxygen atoms in total. The van der Waals surface area contributed by atoms with E-state index in [0.29, 0.717) is 17.4 Å². The Morgan fingerprint density at radius 3 is 2.95 bits per heavy atom. The second-order valence-electron chi connectivity index (χ2n) is 4.38. The molecule has 21 heavy (non-hydrogen) atoms. The predicted octanol–water partition coefficient (Wildman–Crippen LogP) is 2.46. The van der Waals surface area contributed by atoms with E-state index >= 15 is 0 Å². The maximum Gasteiger partial charge on any atom is 0.327 e. The van der Waals surface area contributed by atoms with Crippen LogP contribution in [0, 0.1) is 0 Å². The molecule has 0 spiro atoms. The molecule has 1 aliphatic rings. The molecule has 1 aromatic carbocycles. The summed E-state index contributed by atoms with van der Waals surface area (Å²) >= 11 is 4.80. The molecular weight excluding hydrogens is 358 g/mol. The smallest absolute Gasteiger partial charge is 0.327 e. The highest BCUT2D eigenvalue weighted by Gasteiger charge is 2.33. The fraction of sp³-hybridized carbons (Fsp3) is 0.286. The van der Waals surface area contributed by atoms with Crippen molar-refractivity contribution >= 4 is 45.6 Å². The number of carboxylic acid groups (broad SMARTS) is 1.